The van der Waals surface area contributed by atoms with Gasteiger partial charge in [-0.2, -0.15) is 0 Å². The summed E-state index contributed by atoms with van der Waals surface area (Å²) in [5.74, 6) is 6.75. The van der Waals surface area contributed by atoms with Crippen molar-refractivity contribution < 1.29 is 0 Å². The molecule has 2 aromatic heterocycles. The van der Waals surface area contributed by atoms with Crippen LogP contribution in [0.2, 0.25) is 0 Å². The fourth-order valence-corrected chi connectivity index (χ4v) is 2.92. The van der Waals surface area contributed by atoms with Crippen LogP contribution >= 0.6 is 23.1 Å². The molecule has 0 unspecified atom stereocenters. The molecule has 0 spiro atoms. The quantitative estimate of drug-likeness (QED) is 0.531. The highest BCUT2D eigenvalue weighted by molar-refractivity contribution is 7.98. The lowest BCUT2D eigenvalue weighted by molar-refractivity contribution is 0.950. The third-order valence-electron chi connectivity index (χ3n) is 2.09. The first-order chi connectivity index (χ1) is 8.78. The van der Waals surface area contributed by atoms with Gasteiger partial charge in [0.2, 0.25) is 0 Å². The normalized spacial score (nSPS) is 9.89. The fraction of sp³-hybridized carbons (Fsp3) is 0.231. The molecule has 0 atom stereocenters. The topological polar surface area (TPSA) is 51.8 Å². The predicted molar refractivity (Wildman–Crippen MR) is 76.6 cm³/mol. The molecule has 0 aromatic carbocycles. The van der Waals surface area contributed by atoms with Gasteiger partial charge in [-0.1, -0.05) is 23.6 Å². The van der Waals surface area contributed by atoms with E-state index in [2.05, 4.69) is 33.3 Å². The average molecular weight is 275 g/mol. The fourth-order valence-electron chi connectivity index (χ4n) is 1.27. The maximum atomic E-state index is 5.34. The smallest absolute Gasteiger partial charge is 0.187 e. The third-order valence-corrected chi connectivity index (χ3v) is 4.13. The van der Waals surface area contributed by atoms with E-state index in [0.717, 1.165) is 22.0 Å². The maximum absolute atomic E-state index is 5.34. The Morgan fingerprint density at radius 3 is 2.89 bits per heavy atom. The van der Waals surface area contributed by atoms with Crippen molar-refractivity contribution in [3.8, 4) is 11.8 Å². The van der Waals surface area contributed by atoms with Gasteiger partial charge < -0.3 is 5.73 Å². The SMILES string of the molecule is Cc1cnc(SCc2cc(C#CCN)cs2)nc1. The van der Waals surface area contributed by atoms with E-state index in [0.29, 0.717) is 6.54 Å². The Morgan fingerprint density at radius 1 is 1.39 bits per heavy atom. The molecule has 0 aliphatic carbocycles. The minimum Gasteiger partial charge on any atom is -0.320 e. The van der Waals surface area contributed by atoms with Crippen molar-refractivity contribution in [2.45, 2.75) is 17.8 Å². The minimum absolute atomic E-state index is 0.400. The molecule has 0 fully saturated rings. The van der Waals surface area contributed by atoms with E-state index in [1.54, 1.807) is 23.1 Å². The minimum atomic E-state index is 0.400. The maximum Gasteiger partial charge on any atom is 0.187 e. The molecule has 0 radical (unpaired) electrons. The molecule has 0 bridgehead atoms. The van der Waals surface area contributed by atoms with Gasteiger partial charge in [0.05, 0.1) is 6.54 Å². The average Bonchev–Trinajstić information content (AvgIpc) is 2.84. The van der Waals surface area contributed by atoms with Crippen LogP contribution in [0, 0.1) is 18.8 Å². The van der Waals surface area contributed by atoms with Crippen molar-refractivity contribution in [3.63, 3.8) is 0 Å². The van der Waals surface area contributed by atoms with E-state index in [1.165, 1.54) is 4.88 Å². The third kappa shape index (κ3) is 3.84. The van der Waals surface area contributed by atoms with Crippen LogP contribution in [-0.2, 0) is 5.75 Å². The zero-order chi connectivity index (χ0) is 12.8. The highest BCUT2D eigenvalue weighted by Crippen LogP contribution is 2.23. The van der Waals surface area contributed by atoms with Gasteiger partial charge in [-0.15, -0.1) is 11.3 Å². The number of aryl methyl sites for hydroxylation is 1. The van der Waals surface area contributed by atoms with Gasteiger partial charge in [-0.05, 0) is 18.6 Å². The van der Waals surface area contributed by atoms with Crippen LogP contribution < -0.4 is 5.73 Å². The predicted octanol–water partition coefficient (Wildman–Crippen LogP) is 2.45. The van der Waals surface area contributed by atoms with Crippen LogP contribution in [0.25, 0.3) is 0 Å². The molecule has 0 saturated carbocycles. The molecule has 92 valence electrons. The van der Waals surface area contributed by atoms with Crippen molar-refractivity contribution in [2.24, 2.45) is 5.73 Å². The number of hydrogen-bond acceptors (Lipinski definition) is 5. The molecule has 2 heterocycles. The van der Waals surface area contributed by atoms with Gasteiger partial charge in [-0.25, -0.2) is 9.97 Å². The van der Waals surface area contributed by atoms with Gasteiger partial charge >= 0.3 is 0 Å². The number of aromatic nitrogens is 2. The summed E-state index contributed by atoms with van der Waals surface area (Å²) < 4.78 is 0. The van der Waals surface area contributed by atoms with Gasteiger partial charge in [-0.3, -0.25) is 0 Å². The number of rotatable bonds is 3. The van der Waals surface area contributed by atoms with E-state index < -0.39 is 0 Å². The first kappa shape index (κ1) is 13.1. The molecule has 0 amide bonds. The summed E-state index contributed by atoms with van der Waals surface area (Å²) in [6, 6.07) is 2.09. The zero-order valence-electron chi connectivity index (χ0n) is 10.0. The second-order valence-electron chi connectivity index (χ2n) is 3.64. The summed E-state index contributed by atoms with van der Waals surface area (Å²) in [6.45, 7) is 2.38. The van der Waals surface area contributed by atoms with Gasteiger partial charge in [0.15, 0.2) is 5.16 Å². The Hall–Kier alpha value is -1.35. The van der Waals surface area contributed by atoms with Crippen molar-refractivity contribution in [1.82, 2.24) is 9.97 Å². The molecule has 0 saturated heterocycles. The molecule has 2 N–H and O–H groups in total. The Bertz CT molecular complexity index is 564. The highest BCUT2D eigenvalue weighted by atomic mass is 32.2. The van der Waals surface area contributed by atoms with Crippen LogP contribution in [0.1, 0.15) is 16.0 Å². The molecular weight excluding hydrogens is 262 g/mol. The summed E-state index contributed by atoms with van der Waals surface area (Å²) >= 11 is 3.34. The van der Waals surface area contributed by atoms with Crippen LogP contribution in [-0.4, -0.2) is 16.5 Å². The molecule has 0 aliphatic rings. The number of hydrogen-bond donors (Lipinski definition) is 1. The largest absolute Gasteiger partial charge is 0.320 e. The number of nitrogens with zero attached hydrogens (tertiary/aromatic N) is 2. The van der Waals surface area contributed by atoms with E-state index in [-0.39, 0.29) is 0 Å². The van der Waals surface area contributed by atoms with Crippen LogP contribution in [0.3, 0.4) is 0 Å². The summed E-state index contributed by atoms with van der Waals surface area (Å²) in [4.78, 5) is 9.79. The number of thioether (sulfide) groups is 1. The summed E-state index contributed by atoms with van der Waals surface area (Å²) in [5, 5.41) is 2.86. The molecule has 5 heteroatoms. The first-order valence-corrected chi connectivity index (χ1v) is 7.32. The van der Waals surface area contributed by atoms with E-state index in [9.17, 15) is 0 Å². The number of nitrogens with two attached hydrogens (primary N) is 1. The second-order valence-corrected chi connectivity index (χ2v) is 5.58. The number of thiophene rings is 1. The Balaban J connectivity index is 1.94. The lowest BCUT2D eigenvalue weighted by Gasteiger charge is -1.97. The van der Waals surface area contributed by atoms with E-state index in [1.807, 2.05) is 19.3 Å². The molecule has 3 nitrogen and oxygen atoms in total. The van der Waals surface area contributed by atoms with E-state index >= 15 is 0 Å². The molecule has 18 heavy (non-hydrogen) atoms. The summed E-state index contributed by atoms with van der Waals surface area (Å²) in [7, 11) is 0. The van der Waals surface area contributed by atoms with Crippen LogP contribution in [0.4, 0.5) is 0 Å². The lowest BCUT2D eigenvalue weighted by Crippen LogP contribution is -1.92. The molecular formula is C13H13N3S2. The second kappa shape index (κ2) is 6.55. The molecule has 0 aliphatic heterocycles. The van der Waals surface area contributed by atoms with Gasteiger partial charge in [0.1, 0.15) is 0 Å². The summed E-state index contributed by atoms with van der Waals surface area (Å²) in [5.41, 5.74) is 7.45. The van der Waals surface area contributed by atoms with Gasteiger partial charge in [0.25, 0.3) is 0 Å². The Kier molecular flexibility index (Phi) is 4.76. The van der Waals surface area contributed by atoms with Crippen molar-refractivity contribution in [1.29, 1.82) is 0 Å². The van der Waals surface area contributed by atoms with Crippen LogP contribution in [0.5, 0.6) is 0 Å². The van der Waals surface area contributed by atoms with Crippen molar-refractivity contribution in [3.05, 3.63) is 39.8 Å². The Morgan fingerprint density at radius 2 is 2.17 bits per heavy atom. The van der Waals surface area contributed by atoms with Crippen molar-refractivity contribution >= 4 is 23.1 Å². The van der Waals surface area contributed by atoms with Gasteiger partial charge in [0, 0.05) is 34.0 Å². The molecule has 2 rings (SSSR count). The summed E-state index contributed by atoms with van der Waals surface area (Å²) in [6.07, 6.45) is 3.67. The highest BCUT2D eigenvalue weighted by Gasteiger charge is 2.01. The Labute approximate surface area is 115 Å². The molecule has 2 aromatic rings. The lowest BCUT2D eigenvalue weighted by atomic mass is 10.3. The van der Waals surface area contributed by atoms with E-state index in [4.69, 9.17) is 5.73 Å². The zero-order valence-corrected chi connectivity index (χ0v) is 11.6. The van der Waals surface area contributed by atoms with Crippen LogP contribution in [0.15, 0.2) is 29.0 Å². The monoisotopic (exact) mass is 275 g/mol. The first-order valence-electron chi connectivity index (χ1n) is 5.45. The van der Waals surface area contributed by atoms with Crippen molar-refractivity contribution in [2.75, 3.05) is 6.54 Å². The standard InChI is InChI=1S/C13H13N3S2/c1-10-6-15-13(16-7-10)18-9-12-5-11(8-17-12)3-2-4-14/h5-8H,4,9,14H2,1H3.